The molecule has 3 heteroatoms. The molecule has 2 nitrogen and oxygen atoms in total. The monoisotopic (exact) mass is 300 g/mol. The van der Waals surface area contributed by atoms with Crippen molar-refractivity contribution in [3.8, 4) is 11.1 Å². The summed E-state index contributed by atoms with van der Waals surface area (Å²) in [7, 11) is 0. The van der Waals surface area contributed by atoms with Crippen molar-refractivity contribution < 1.29 is 0 Å². The summed E-state index contributed by atoms with van der Waals surface area (Å²) in [6.45, 7) is 2.16. The predicted molar refractivity (Wildman–Crippen MR) is 89.8 cm³/mol. The number of likely N-dealkylation sites (tertiary alicyclic amines) is 1. The number of halogens is 1. The molecule has 1 fully saturated rings. The second-order valence-electron chi connectivity index (χ2n) is 5.97. The van der Waals surface area contributed by atoms with Crippen LogP contribution in [0.5, 0.6) is 0 Å². The third-order valence-corrected chi connectivity index (χ3v) is 4.66. The Hall–Kier alpha value is -1.35. The summed E-state index contributed by atoms with van der Waals surface area (Å²) in [5, 5.41) is 0. The SMILES string of the molecule is Cl.NC1CCCN(C2c3ccccc3-c3ccccc32)C1. The lowest BCUT2D eigenvalue weighted by Gasteiger charge is -2.36. The van der Waals surface area contributed by atoms with Gasteiger partial charge in [0.15, 0.2) is 0 Å². The van der Waals surface area contributed by atoms with Crippen molar-refractivity contribution in [3.05, 3.63) is 59.7 Å². The van der Waals surface area contributed by atoms with Crippen molar-refractivity contribution in [1.82, 2.24) is 4.90 Å². The standard InChI is InChI=1S/C18H20N2.ClH/c19-13-6-5-11-20(12-13)18-16-9-3-1-7-14(16)15-8-2-4-10-17(15)18;/h1-4,7-10,13,18H,5-6,11-12,19H2;1H. The first-order valence-electron chi connectivity index (χ1n) is 7.52. The van der Waals surface area contributed by atoms with Crippen LogP contribution in [0.15, 0.2) is 48.5 Å². The summed E-state index contributed by atoms with van der Waals surface area (Å²) in [6.07, 6.45) is 2.37. The van der Waals surface area contributed by atoms with Gasteiger partial charge in [-0.3, -0.25) is 4.90 Å². The van der Waals surface area contributed by atoms with Crippen molar-refractivity contribution in [2.45, 2.75) is 24.9 Å². The molecule has 0 aromatic heterocycles. The molecule has 1 atom stereocenters. The Labute approximate surface area is 132 Å². The Kier molecular flexibility index (Phi) is 4.03. The van der Waals surface area contributed by atoms with Crippen molar-refractivity contribution >= 4 is 12.4 Å². The van der Waals surface area contributed by atoms with Gasteiger partial charge in [0.05, 0.1) is 6.04 Å². The van der Waals surface area contributed by atoms with E-state index in [0.717, 1.165) is 19.5 Å². The molecule has 21 heavy (non-hydrogen) atoms. The van der Waals surface area contributed by atoms with Gasteiger partial charge in [-0.2, -0.15) is 0 Å². The molecule has 2 N–H and O–H groups in total. The summed E-state index contributed by atoms with van der Waals surface area (Å²) in [4.78, 5) is 2.57. The first-order chi connectivity index (χ1) is 9.84. The minimum absolute atomic E-state index is 0. The van der Waals surface area contributed by atoms with Gasteiger partial charge in [0, 0.05) is 12.6 Å². The number of piperidine rings is 1. The maximum Gasteiger partial charge on any atom is 0.0614 e. The van der Waals surface area contributed by atoms with Crippen molar-refractivity contribution in [2.24, 2.45) is 5.73 Å². The van der Waals surface area contributed by atoms with Gasteiger partial charge in [0.25, 0.3) is 0 Å². The Morgan fingerprint density at radius 3 is 2.05 bits per heavy atom. The predicted octanol–water partition coefficient (Wildman–Crippen LogP) is 3.60. The number of nitrogens with two attached hydrogens (primary N) is 1. The van der Waals surface area contributed by atoms with Gasteiger partial charge in [0.1, 0.15) is 0 Å². The summed E-state index contributed by atoms with van der Waals surface area (Å²) >= 11 is 0. The van der Waals surface area contributed by atoms with Crippen LogP contribution >= 0.6 is 12.4 Å². The number of benzene rings is 2. The summed E-state index contributed by atoms with van der Waals surface area (Å²) < 4.78 is 0. The van der Waals surface area contributed by atoms with Crippen LogP contribution in [-0.2, 0) is 0 Å². The quantitative estimate of drug-likeness (QED) is 0.872. The number of hydrogen-bond acceptors (Lipinski definition) is 2. The van der Waals surface area contributed by atoms with E-state index in [1.807, 2.05) is 0 Å². The molecular formula is C18H21ClN2. The fourth-order valence-corrected chi connectivity index (χ4v) is 3.80. The third-order valence-electron chi connectivity index (χ3n) is 4.66. The lowest BCUT2D eigenvalue weighted by atomic mass is 9.98. The number of rotatable bonds is 1. The second-order valence-corrected chi connectivity index (χ2v) is 5.97. The van der Waals surface area contributed by atoms with E-state index >= 15 is 0 Å². The van der Waals surface area contributed by atoms with Crippen LogP contribution in [0.4, 0.5) is 0 Å². The largest absolute Gasteiger partial charge is 0.327 e. The van der Waals surface area contributed by atoms with E-state index in [4.69, 9.17) is 5.73 Å². The van der Waals surface area contributed by atoms with Crippen molar-refractivity contribution in [3.63, 3.8) is 0 Å². The molecule has 4 rings (SSSR count). The van der Waals surface area contributed by atoms with E-state index in [9.17, 15) is 0 Å². The average Bonchev–Trinajstić information content (AvgIpc) is 2.82. The molecule has 0 saturated carbocycles. The van der Waals surface area contributed by atoms with Crippen LogP contribution < -0.4 is 5.73 Å². The van der Waals surface area contributed by atoms with Crippen LogP contribution in [0.25, 0.3) is 11.1 Å². The van der Waals surface area contributed by atoms with E-state index in [1.165, 1.54) is 28.7 Å². The molecule has 1 unspecified atom stereocenters. The van der Waals surface area contributed by atoms with Crippen LogP contribution in [-0.4, -0.2) is 24.0 Å². The zero-order valence-corrected chi connectivity index (χ0v) is 12.9. The van der Waals surface area contributed by atoms with Crippen LogP contribution in [0.1, 0.15) is 30.0 Å². The molecule has 1 heterocycles. The topological polar surface area (TPSA) is 29.3 Å². The van der Waals surface area contributed by atoms with Crippen molar-refractivity contribution in [2.75, 3.05) is 13.1 Å². The number of fused-ring (bicyclic) bond motifs is 3. The molecule has 0 bridgehead atoms. The number of hydrogen-bond donors (Lipinski definition) is 1. The first-order valence-corrected chi connectivity index (χ1v) is 7.52. The fraction of sp³-hybridized carbons (Fsp3) is 0.333. The van der Waals surface area contributed by atoms with Gasteiger partial charge in [-0.25, -0.2) is 0 Å². The first kappa shape index (κ1) is 14.6. The van der Waals surface area contributed by atoms with Gasteiger partial charge >= 0.3 is 0 Å². The van der Waals surface area contributed by atoms with Gasteiger partial charge in [-0.1, -0.05) is 48.5 Å². The summed E-state index contributed by atoms with van der Waals surface area (Å²) in [5.41, 5.74) is 11.9. The van der Waals surface area contributed by atoms with E-state index in [1.54, 1.807) is 0 Å². The highest BCUT2D eigenvalue weighted by Crippen LogP contribution is 2.46. The molecule has 1 aliphatic heterocycles. The minimum Gasteiger partial charge on any atom is -0.327 e. The zero-order chi connectivity index (χ0) is 13.5. The van der Waals surface area contributed by atoms with E-state index < -0.39 is 0 Å². The Morgan fingerprint density at radius 2 is 1.48 bits per heavy atom. The van der Waals surface area contributed by atoms with Crippen molar-refractivity contribution in [1.29, 1.82) is 0 Å². The van der Waals surface area contributed by atoms with Gasteiger partial charge in [-0.15, -0.1) is 12.4 Å². The molecule has 0 amide bonds. The average molecular weight is 301 g/mol. The smallest absolute Gasteiger partial charge is 0.0614 e. The molecule has 110 valence electrons. The Morgan fingerprint density at radius 1 is 0.905 bits per heavy atom. The van der Waals surface area contributed by atoms with Crippen LogP contribution in [0.2, 0.25) is 0 Å². The molecule has 1 saturated heterocycles. The summed E-state index contributed by atoms with van der Waals surface area (Å²) in [6, 6.07) is 18.4. The molecule has 1 aliphatic carbocycles. The molecule has 2 aliphatic rings. The lowest BCUT2D eigenvalue weighted by molar-refractivity contribution is 0.173. The molecule has 0 spiro atoms. The van der Waals surface area contributed by atoms with Gasteiger partial charge in [0.2, 0.25) is 0 Å². The highest BCUT2D eigenvalue weighted by molar-refractivity contribution is 5.85. The van der Waals surface area contributed by atoms with Crippen LogP contribution in [0.3, 0.4) is 0 Å². The molecule has 2 aromatic rings. The van der Waals surface area contributed by atoms with E-state index in [0.29, 0.717) is 12.1 Å². The highest BCUT2D eigenvalue weighted by atomic mass is 35.5. The van der Waals surface area contributed by atoms with Gasteiger partial charge < -0.3 is 5.73 Å². The maximum atomic E-state index is 6.19. The van der Waals surface area contributed by atoms with Crippen LogP contribution in [0, 0.1) is 0 Å². The molecular weight excluding hydrogens is 280 g/mol. The normalized spacial score (nSPS) is 21.5. The fourth-order valence-electron chi connectivity index (χ4n) is 3.80. The Balaban J connectivity index is 0.00000132. The molecule has 0 radical (unpaired) electrons. The second kappa shape index (κ2) is 5.80. The van der Waals surface area contributed by atoms with E-state index in [2.05, 4.69) is 53.4 Å². The van der Waals surface area contributed by atoms with E-state index in [-0.39, 0.29) is 12.4 Å². The Bertz CT molecular complexity index is 595. The number of nitrogens with zero attached hydrogens (tertiary/aromatic N) is 1. The highest BCUT2D eigenvalue weighted by Gasteiger charge is 2.34. The maximum absolute atomic E-state index is 6.19. The minimum atomic E-state index is 0. The lowest BCUT2D eigenvalue weighted by Crippen LogP contribution is -2.44. The third kappa shape index (κ3) is 2.38. The molecule has 2 aromatic carbocycles. The summed E-state index contributed by atoms with van der Waals surface area (Å²) in [5.74, 6) is 0. The van der Waals surface area contributed by atoms with Gasteiger partial charge in [-0.05, 0) is 41.6 Å². The zero-order valence-electron chi connectivity index (χ0n) is 12.0.